The Labute approximate surface area is 113 Å². The summed E-state index contributed by atoms with van der Waals surface area (Å²) >= 11 is 0. The summed E-state index contributed by atoms with van der Waals surface area (Å²) in [6.07, 6.45) is 9.72. The number of rotatable bonds is 10. The molecule has 0 aliphatic rings. The molecule has 0 amide bonds. The zero-order chi connectivity index (χ0) is 13.0. The fourth-order valence-electron chi connectivity index (χ4n) is 0.943. The number of sulfone groups is 1. The smallest absolute Gasteiger partial charge is 0.157 e. The fraction of sp³-hybridized carbons (Fsp3) is 0.500. The maximum absolute atomic E-state index is 11.3. The second-order valence-corrected chi connectivity index (χ2v) is 7.85. The van der Waals surface area contributed by atoms with Crippen molar-refractivity contribution < 1.29 is 8.42 Å². The molecule has 0 aromatic heterocycles. The Bertz CT molecular complexity index is 343. The Morgan fingerprint density at radius 3 is 2.59 bits per heavy atom. The van der Waals surface area contributed by atoms with E-state index in [0.717, 1.165) is 12.2 Å². The minimum Gasteiger partial charge on any atom is -0.228 e. The molecule has 0 fully saturated rings. The summed E-state index contributed by atoms with van der Waals surface area (Å²) in [5.41, 5.74) is 0. The summed E-state index contributed by atoms with van der Waals surface area (Å²) in [6.45, 7) is 5.57. The number of hydrogen-bond donors (Lipinski definition) is 0. The standard InChI is InChI=1S/C12H20O2S3/c1-3-5-6-7-9-15-16-10-8-12-17(13,14)11-4-2/h4,6-8,10H,2-3,5,9,11-12H2,1H3/b7-6+,10-8-. The van der Waals surface area contributed by atoms with Crippen LogP contribution in [-0.2, 0) is 9.84 Å². The molecule has 98 valence electrons. The number of hydrogen-bond acceptors (Lipinski definition) is 4. The zero-order valence-corrected chi connectivity index (χ0v) is 12.6. The highest BCUT2D eigenvalue weighted by molar-refractivity contribution is 8.77. The summed E-state index contributed by atoms with van der Waals surface area (Å²) in [5, 5.41) is 1.83. The Morgan fingerprint density at radius 2 is 1.94 bits per heavy atom. The molecule has 5 heteroatoms. The number of unbranched alkanes of at least 4 members (excludes halogenated alkanes) is 1. The van der Waals surface area contributed by atoms with E-state index in [0.29, 0.717) is 0 Å². The molecule has 0 saturated heterocycles. The molecule has 2 nitrogen and oxygen atoms in total. The molecule has 0 N–H and O–H groups in total. The van der Waals surface area contributed by atoms with Crippen LogP contribution in [0.1, 0.15) is 19.8 Å². The molecule has 0 aliphatic heterocycles. The van der Waals surface area contributed by atoms with Crippen LogP contribution >= 0.6 is 21.6 Å². The van der Waals surface area contributed by atoms with Crippen molar-refractivity contribution in [2.45, 2.75) is 19.8 Å². The summed E-state index contributed by atoms with van der Waals surface area (Å²) in [4.78, 5) is 0. The summed E-state index contributed by atoms with van der Waals surface area (Å²) in [6, 6.07) is 0. The molecule has 0 bridgehead atoms. The van der Waals surface area contributed by atoms with E-state index in [2.05, 4.69) is 25.7 Å². The third kappa shape index (κ3) is 12.1. The van der Waals surface area contributed by atoms with Crippen LogP contribution in [0.3, 0.4) is 0 Å². The van der Waals surface area contributed by atoms with Gasteiger partial charge in [-0.15, -0.1) is 6.58 Å². The SMILES string of the molecule is C=CCS(=O)(=O)C/C=C\SSC/C=C/CCC. The molecular formula is C12H20O2S3. The predicted octanol–water partition coefficient (Wildman–Crippen LogP) is 3.84. The van der Waals surface area contributed by atoms with Crippen LogP contribution in [0.5, 0.6) is 0 Å². The van der Waals surface area contributed by atoms with E-state index in [1.807, 2.05) is 5.41 Å². The lowest BCUT2D eigenvalue weighted by atomic mass is 10.3. The van der Waals surface area contributed by atoms with Gasteiger partial charge in [-0.1, -0.05) is 59.2 Å². The van der Waals surface area contributed by atoms with E-state index in [-0.39, 0.29) is 11.5 Å². The van der Waals surface area contributed by atoms with Gasteiger partial charge in [-0.3, -0.25) is 0 Å². The zero-order valence-electron chi connectivity index (χ0n) is 10.2. The number of allylic oxidation sites excluding steroid dienone is 1. The van der Waals surface area contributed by atoms with Gasteiger partial charge in [0.2, 0.25) is 0 Å². The monoisotopic (exact) mass is 292 g/mol. The van der Waals surface area contributed by atoms with Crippen LogP contribution in [0.25, 0.3) is 0 Å². The average molecular weight is 292 g/mol. The first-order valence-corrected chi connectivity index (χ1v) is 9.72. The Morgan fingerprint density at radius 1 is 1.18 bits per heavy atom. The van der Waals surface area contributed by atoms with Crippen molar-refractivity contribution in [3.05, 3.63) is 36.3 Å². The van der Waals surface area contributed by atoms with Crippen molar-refractivity contribution in [3.63, 3.8) is 0 Å². The van der Waals surface area contributed by atoms with Gasteiger partial charge in [0.1, 0.15) is 0 Å². The lowest BCUT2D eigenvalue weighted by Crippen LogP contribution is -2.06. The van der Waals surface area contributed by atoms with Gasteiger partial charge in [0.25, 0.3) is 0 Å². The molecule has 0 aliphatic carbocycles. The first-order chi connectivity index (χ1) is 8.12. The van der Waals surface area contributed by atoms with Crippen LogP contribution < -0.4 is 0 Å². The molecule has 0 atom stereocenters. The van der Waals surface area contributed by atoms with Gasteiger partial charge in [0.05, 0.1) is 11.5 Å². The minimum atomic E-state index is -2.98. The predicted molar refractivity (Wildman–Crippen MR) is 82.1 cm³/mol. The maximum atomic E-state index is 11.3. The molecule has 0 heterocycles. The van der Waals surface area contributed by atoms with Crippen molar-refractivity contribution in [1.82, 2.24) is 0 Å². The molecule has 17 heavy (non-hydrogen) atoms. The molecule has 0 unspecified atom stereocenters. The highest BCUT2D eigenvalue weighted by Gasteiger charge is 2.03. The summed E-state index contributed by atoms with van der Waals surface area (Å²) in [7, 11) is 0.283. The van der Waals surface area contributed by atoms with Crippen LogP contribution in [0.2, 0.25) is 0 Å². The van der Waals surface area contributed by atoms with Crippen molar-refractivity contribution in [2.75, 3.05) is 17.3 Å². The highest BCUT2D eigenvalue weighted by Crippen LogP contribution is 2.22. The Balaban J connectivity index is 3.58. The first-order valence-electron chi connectivity index (χ1n) is 5.52. The lowest BCUT2D eigenvalue weighted by molar-refractivity contribution is 0.602. The van der Waals surface area contributed by atoms with E-state index in [1.54, 1.807) is 27.7 Å². The van der Waals surface area contributed by atoms with Crippen LogP contribution in [0.15, 0.2) is 36.3 Å². The van der Waals surface area contributed by atoms with E-state index < -0.39 is 9.84 Å². The molecular weight excluding hydrogens is 272 g/mol. The van der Waals surface area contributed by atoms with Gasteiger partial charge in [0, 0.05) is 5.75 Å². The van der Waals surface area contributed by atoms with Crippen molar-refractivity contribution >= 4 is 31.4 Å². The Kier molecular flexibility index (Phi) is 10.9. The highest BCUT2D eigenvalue weighted by atomic mass is 33.1. The third-order valence-electron chi connectivity index (χ3n) is 1.73. The second-order valence-electron chi connectivity index (χ2n) is 3.38. The van der Waals surface area contributed by atoms with E-state index in [1.165, 1.54) is 12.5 Å². The lowest BCUT2D eigenvalue weighted by Gasteiger charge is -1.95. The molecule has 0 aromatic rings. The van der Waals surface area contributed by atoms with Crippen LogP contribution in [0, 0.1) is 0 Å². The van der Waals surface area contributed by atoms with E-state index in [4.69, 9.17) is 0 Å². The summed E-state index contributed by atoms with van der Waals surface area (Å²) < 4.78 is 22.6. The van der Waals surface area contributed by atoms with Crippen molar-refractivity contribution in [1.29, 1.82) is 0 Å². The minimum absolute atomic E-state index is 0.0505. The fourth-order valence-corrected chi connectivity index (χ4v) is 3.44. The van der Waals surface area contributed by atoms with Gasteiger partial charge >= 0.3 is 0 Å². The Hall–Kier alpha value is -0.130. The maximum Gasteiger partial charge on any atom is 0.157 e. The van der Waals surface area contributed by atoms with Crippen molar-refractivity contribution in [2.24, 2.45) is 0 Å². The van der Waals surface area contributed by atoms with E-state index >= 15 is 0 Å². The van der Waals surface area contributed by atoms with E-state index in [9.17, 15) is 8.42 Å². The molecule has 0 aromatic carbocycles. The topological polar surface area (TPSA) is 34.1 Å². The van der Waals surface area contributed by atoms with Crippen LogP contribution in [0.4, 0.5) is 0 Å². The van der Waals surface area contributed by atoms with Gasteiger partial charge < -0.3 is 0 Å². The summed E-state index contributed by atoms with van der Waals surface area (Å²) in [5.74, 6) is 1.10. The van der Waals surface area contributed by atoms with Crippen LogP contribution in [-0.4, -0.2) is 25.7 Å². The molecule has 0 radical (unpaired) electrons. The first kappa shape index (κ1) is 16.9. The molecule has 0 saturated carbocycles. The molecule has 0 spiro atoms. The average Bonchev–Trinajstić information content (AvgIpc) is 2.27. The molecule has 0 rings (SSSR count). The van der Waals surface area contributed by atoms with Crippen molar-refractivity contribution in [3.8, 4) is 0 Å². The van der Waals surface area contributed by atoms with Gasteiger partial charge in [-0.2, -0.15) is 0 Å². The second kappa shape index (κ2) is 11.0. The third-order valence-corrected chi connectivity index (χ3v) is 5.09. The van der Waals surface area contributed by atoms with Gasteiger partial charge in [-0.25, -0.2) is 8.42 Å². The van der Waals surface area contributed by atoms with Gasteiger partial charge in [-0.05, 0) is 11.8 Å². The largest absolute Gasteiger partial charge is 0.228 e. The quantitative estimate of drug-likeness (QED) is 0.348. The van der Waals surface area contributed by atoms with Gasteiger partial charge in [0.15, 0.2) is 9.84 Å². The normalized spacial score (nSPS) is 12.5.